The smallest absolute Gasteiger partial charge is 0.419 e. The SMILES string of the molecule is CCN(c1nc(OC[C@@]23CCCN2C[C@H](C)C3)nc2c(C(F)(F)F)c(-c3ccc(F)c4sc(N)c(C#N)c34)c(C(F)(F)F)cc12)[C@H]1C[C@@H]2CCN(C)C(=O)N2C1. The highest BCUT2D eigenvalue weighted by atomic mass is 32.1. The molecule has 0 spiro atoms. The lowest BCUT2D eigenvalue weighted by atomic mass is 9.88. The second-order valence-corrected chi connectivity index (χ2v) is 16.5. The van der Waals surface area contributed by atoms with E-state index in [0.29, 0.717) is 42.7 Å². The number of halogens is 7. The fourth-order valence-corrected chi connectivity index (χ4v) is 10.6. The molecule has 4 aromatic rings. The average Bonchev–Trinajstić information content (AvgIpc) is 3.89. The number of nitrogens with zero attached hydrogens (tertiary/aromatic N) is 7. The molecule has 298 valence electrons. The Labute approximate surface area is 321 Å². The summed E-state index contributed by atoms with van der Waals surface area (Å²) in [6.45, 7) is 6.37. The summed E-state index contributed by atoms with van der Waals surface area (Å²) < 4.78 is 114. The van der Waals surface area contributed by atoms with Gasteiger partial charge in [0.15, 0.2) is 0 Å². The molecule has 10 nitrogen and oxygen atoms in total. The summed E-state index contributed by atoms with van der Waals surface area (Å²) in [7, 11) is 1.68. The molecular formula is C38H39F7N8O2S. The molecule has 0 aliphatic carbocycles. The number of hydrogen-bond acceptors (Lipinski definition) is 9. The van der Waals surface area contributed by atoms with Crippen LogP contribution in [0.1, 0.15) is 62.6 Å². The second kappa shape index (κ2) is 13.5. The van der Waals surface area contributed by atoms with Gasteiger partial charge in [-0.05, 0) is 69.2 Å². The van der Waals surface area contributed by atoms with E-state index in [1.54, 1.807) is 34.7 Å². The fraction of sp³-hybridized carbons (Fsp3) is 0.526. The molecule has 2 aromatic carbocycles. The Morgan fingerprint density at radius 1 is 1.14 bits per heavy atom. The molecule has 4 aliphatic heterocycles. The number of ether oxygens (including phenoxy) is 1. The number of carbonyl (C=O) groups excluding carboxylic acids is 1. The summed E-state index contributed by atoms with van der Waals surface area (Å²) >= 11 is 0.560. The third-order valence-electron chi connectivity index (χ3n) is 12.0. The molecule has 4 aliphatic rings. The van der Waals surface area contributed by atoms with Gasteiger partial charge < -0.3 is 25.2 Å². The van der Waals surface area contributed by atoms with Crippen molar-refractivity contribution in [3.8, 4) is 23.2 Å². The number of aromatic nitrogens is 2. The summed E-state index contributed by atoms with van der Waals surface area (Å²) in [6.07, 6.45) is -7.29. The van der Waals surface area contributed by atoms with Crippen LogP contribution < -0.4 is 15.4 Å². The van der Waals surface area contributed by atoms with E-state index in [1.165, 1.54) is 0 Å². The van der Waals surface area contributed by atoms with E-state index in [1.807, 2.05) is 0 Å². The molecule has 56 heavy (non-hydrogen) atoms. The Morgan fingerprint density at radius 2 is 1.91 bits per heavy atom. The van der Waals surface area contributed by atoms with Gasteiger partial charge in [0.25, 0.3) is 0 Å². The first-order valence-electron chi connectivity index (χ1n) is 18.6. The number of nitrogens with two attached hydrogens (primary N) is 1. The minimum atomic E-state index is -5.46. The van der Waals surface area contributed by atoms with Gasteiger partial charge in [-0.25, -0.2) is 9.18 Å². The van der Waals surface area contributed by atoms with Crippen LogP contribution in [0, 0.1) is 23.1 Å². The number of nitrogen functional groups attached to an aromatic ring is 1. The maximum absolute atomic E-state index is 15.8. The molecule has 0 saturated carbocycles. The van der Waals surface area contributed by atoms with Crippen LogP contribution in [0.3, 0.4) is 0 Å². The van der Waals surface area contributed by atoms with Crippen molar-refractivity contribution >= 4 is 49.2 Å². The lowest BCUT2D eigenvalue weighted by molar-refractivity contribution is -0.141. The van der Waals surface area contributed by atoms with Crippen molar-refractivity contribution in [2.24, 2.45) is 5.92 Å². The van der Waals surface area contributed by atoms with Gasteiger partial charge in [0.05, 0.1) is 38.5 Å². The van der Waals surface area contributed by atoms with Crippen molar-refractivity contribution in [3.05, 3.63) is 40.7 Å². The van der Waals surface area contributed by atoms with Gasteiger partial charge in [-0.15, -0.1) is 11.3 Å². The Morgan fingerprint density at radius 3 is 2.61 bits per heavy atom. The van der Waals surface area contributed by atoms with Gasteiger partial charge in [0.2, 0.25) is 0 Å². The van der Waals surface area contributed by atoms with Crippen LogP contribution >= 0.6 is 11.3 Å². The molecule has 4 saturated heterocycles. The standard InChI is InChI=1S/C38H39F7N8O2S/c1-4-52(21-12-20-8-11-50(3)35(54)53(20)17-21)33-23-13-25(37(40,41)42)28(22-6-7-26(39)31-27(22)24(15-46)32(47)56-31)29(38(43,44)45)30(23)48-34(49-33)55-18-36-9-5-10-51(36)16-19(2)14-36/h6-7,13,19-21H,4-5,8-12,14,16-18,47H2,1-3H3/t19-,20+,21+,36+/m1/s1. The third-order valence-corrected chi connectivity index (χ3v) is 13.1. The van der Waals surface area contributed by atoms with Crippen LogP contribution in [0.4, 0.5) is 46.3 Å². The molecule has 0 bridgehead atoms. The molecule has 2 amide bonds. The number of amides is 2. The summed E-state index contributed by atoms with van der Waals surface area (Å²) in [4.78, 5) is 29.2. The fourth-order valence-electron chi connectivity index (χ4n) is 9.69. The number of thiophene rings is 1. The van der Waals surface area contributed by atoms with E-state index in [2.05, 4.69) is 21.8 Å². The number of anilines is 2. The molecule has 4 atom stereocenters. The Balaban J connectivity index is 1.40. The Hall–Kier alpha value is -4.63. The summed E-state index contributed by atoms with van der Waals surface area (Å²) in [5.41, 5.74) is -1.09. The zero-order valence-electron chi connectivity index (χ0n) is 30.8. The van der Waals surface area contributed by atoms with Crippen molar-refractivity contribution < 1.29 is 40.3 Å². The summed E-state index contributed by atoms with van der Waals surface area (Å²) in [6, 6.07) is 2.61. The highest BCUT2D eigenvalue weighted by Gasteiger charge is 2.49. The van der Waals surface area contributed by atoms with Gasteiger partial charge >= 0.3 is 24.4 Å². The molecule has 0 unspecified atom stereocenters. The van der Waals surface area contributed by atoms with E-state index in [0.717, 1.165) is 44.5 Å². The maximum atomic E-state index is 15.8. The maximum Gasteiger partial charge on any atom is 0.419 e. The molecule has 8 rings (SSSR count). The largest absolute Gasteiger partial charge is 0.461 e. The van der Waals surface area contributed by atoms with Crippen molar-refractivity contribution in [2.45, 2.75) is 75.9 Å². The first-order valence-corrected chi connectivity index (χ1v) is 19.4. The molecule has 2 aromatic heterocycles. The quantitative estimate of drug-likeness (QED) is 0.187. The van der Waals surface area contributed by atoms with Crippen LogP contribution in [0.25, 0.3) is 32.1 Å². The number of hydrogen-bond donors (Lipinski definition) is 1. The van der Waals surface area contributed by atoms with E-state index in [-0.39, 0.29) is 47.3 Å². The second-order valence-electron chi connectivity index (χ2n) is 15.5. The summed E-state index contributed by atoms with van der Waals surface area (Å²) in [5.74, 6) is -0.798. The number of fused-ring (bicyclic) bond motifs is 4. The van der Waals surface area contributed by atoms with E-state index in [9.17, 15) is 10.1 Å². The minimum absolute atomic E-state index is 0.0572. The van der Waals surface area contributed by atoms with Gasteiger partial charge in [-0.2, -0.15) is 41.6 Å². The first-order chi connectivity index (χ1) is 26.5. The van der Waals surface area contributed by atoms with Crippen LogP contribution in [0.15, 0.2) is 18.2 Å². The highest BCUT2D eigenvalue weighted by Crippen LogP contribution is 2.53. The lowest BCUT2D eigenvalue weighted by Gasteiger charge is -2.35. The van der Waals surface area contributed by atoms with Gasteiger partial charge in [-0.1, -0.05) is 13.0 Å². The monoisotopic (exact) mass is 804 g/mol. The number of rotatable bonds is 7. The summed E-state index contributed by atoms with van der Waals surface area (Å²) in [5, 5.41) is 8.70. The molecule has 6 heterocycles. The van der Waals surface area contributed by atoms with Crippen molar-refractivity contribution in [1.82, 2.24) is 24.7 Å². The Kier molecular flexibility index (Phi) is 9.22. The topological polar surface area (TPSA) is 115 Å². The predicted octanol–water partition coefficient (Wildman–Crippen LogP) is 8.12. The normalized spacial score (nSPS) is 24.3. The van der Waals surface area contributed by atoms with Crippen molar-refractivity contribution in [1.29, 1.82) is 5.26 Å². The lowest BCUT2D eigenvalue weighted by Crippen LogP contribution is -2.50. The van der Waals surface area contributed by atoms with Gasteiger partial charge in [-0.3, -0.25) is 4.90 Å². The Bertz CT molecular complexity index is 2290. The van der Waals surface area contributed by atoms with Crippen LogP contribution in [0.5, 0.6) is 6.01 Å². The van der Waals surface area contributed by atoms with Crippen LogP contribution in [-0.4, -0.2) is 94.7 Å². The minimum Gasteiger partial charge on any atom is -0.461 e. The molecule has 18 heteroatoms. The van der Waals surface area contributed by atoms with E-state index in [4.69, 9.17) is 10.5 Å². The number of alkyl halides is 6. The zero-order chi connectivity index (χ0) is 40.1. The van der Waals surface area contributed by atoms with Crippen molar-refractivity contribution in [3.63, 3.8) is 0 Å². The van der Waals surface area contributed by atoms with Crippen LogP contribution in [0.2, 0.25) is 0 Å². The predicted molar refractivity (Wildman–Crippen MR) is 197 cm³/mol. The van der Waals surface area contributed by atoms with Crippen LogP contribution in [-0.2, 0) is 12.4 Å². The van der Waals surface area contributed by atoms with Gasteiger partial charge in [0, 0.05) is 55.6 Å². The number of carbonyl (C=O) groups is 1. The molecule has 4 fully saturated rings. The number of likely N-dealkylation sites (N-methyl/N-ethyl adjacent to an activating group) is 1. The zero-order valence-corrected chi connectivity index (χ0v) is 31.6. The molecular weight excluding hydrogens is 766 g/mol. The number of urea groups is 1. The number of benzene rings is 2. The van der Waals surface area contributed by atoms with Gasteiger partial charge in [0.1, 0.15) is 29.3 Å². The highest BCUT2D eigenvalue weighted by molar-refractivity contribution is 7.23. The molecule has 2 N–H and O–H groups in total. The average molecular weight is 805 g/mol. The van der Waals surface area contributed by atoms with E-state index >= 15 is 30.7 Å². The molecule has 0 radical (unpaired) electrons. The first kappa shape index (κ1) is 38.3. The third kappa shape index (κ3) is 6.12. The number of nitriles is 1. The van der Waals surface area contributed by atoms with E-state index < -0.39 is 79.9 Å². The van der Waals surface area contributed by atoms with Crippen molar-refractivity contribution in [2.75, 3.05) is 57.0 Å².